The van der Waals surface area contributed by atoms with Crippen LogP contribution < -0.4 is 5.32 Å². The first kappa shape index (κ1) is 12.8. The van der Waals surface area contributed by atoms with Gasteiger partial charge >= 0.3 is 0 Å². The molecule has 1 heterocycles. The van der Waals surface area contributed by atoms with Crippen LogP contribution in [0.3, 0.4) is 0 Å². The molecule has 0 amide bonds. The third-order valence-electron chi connectivity index (χ3n) is 3.32. The number of rotatable bonds is 5. The molecule has 0 aliphatic heterocycles. The maximum absolute atomic E-state index is 4.26. The molecule has 4 heteroatoms. The number of hydrogen-bond acceptors (Lipinski definition) is 3. The van der Waals surface area contributed by atoms with E-state index in [1.807, 2.05) is 7.05 Å². The quantitative estimate of drug-likeness (QED) is 0.721. The molecule has 0 aliphatic rings. The van der Waals surface area contributed by atoms with E-state index in [4.69, 9.17) is 0 Å². The highest BCUT2D eigenvalue weighted by molar-refractivity contribution is 5.82. The van der Waals surface area contributed by atoms with Crippen LogP contribution >= 0.6 is 0 Å². The van der Waals surface area contributed by atoms with Crippen molar-refractivity contribution in [1.82, 2.24) is 20.1 Å². The number of aromatic nitrogens is 3. The number of nitrogens with one attached hydrogen (secondary N) is 1. The zero-order chi connectivity index (χ0) is 13.8. The van der Waals surface area contributed by atoms with E-state index in [0.717, 1.165) is 25.3 Å². The Morgan fingerprint density at radius 2 is 1.95 bits per heavy atom. The van der Waals surface area contributed by atoms with Crippen LogP contribution in [0.1, 0.15) is 11.4 Å². The highest BCUT2D eigenvalue weighted by Crippen LogP contribution is 2.15. The number of aryl methyl sites for hydroxylation is 1. The average Bonchev–Trinajstić information content (AvgIpc) is 2.89. The molecule has 1 aromatic heterocycles. The fourth-order valence-corrected chi connectivity index (χ4v) is 2.28. The molecule has 102 valence electrons. The molecule has 0 atom stereocenters. The number of nitrogens with zero attached hydrogens (tertiary/aromatic N) is 3. The molecule has 3 aromatic rings. The van der Waals surface area contributed by atoms with Crippen LogP contribution in [-0.2, 0) is 20.0 Å². The van der Waals surface area contributed by atoms with E-state index in [-0.39, 0.29) is 0 Å². The van der Waals surface area contributed by atoms with E-state index in [0.29, 0.717) is 0 Å². The zero-order valence-electron chi connectivity index (χ0n) is 11.6. The van der Waals surface area contributed by atoms with Crippen LogP contribution in [0.4, 0.5) is 0 Å². The minimum Gasteiger partial charge on any atom is -0.312 e. The van der Waals surface area contributed by atoms with Crippen LogP contribution in [0.15, 0.2) is 48.8 Å². The fourth-order valence-electron chi connectivity index (χ4n) is 2.28. The molecule has 0 saturated heterocycles. The van der Waals surface area contributed by atoms with Gasteiger partial charge < -0.3 is 5.32 Å². The summed E-state index contributed by atoms with van der Waals surface area (Å²) in [5, 5.41) is 10.3. The molecule has 2 aromatic carbocycles. The average molecular weight is 266 g/mol. The topological polar surface area (TPSA) is 42.7 Å². The van der Waals surface area contributed by atoms with E-state index >= 15 is 0 Å². The van der Waals surface area contributed by atoms with Crippen molar-refractivity contribution in [1.29, 1.82) is 0 Å². The molecular weight excluding hydrogens is 248 g/mol. The SMILES string of the molecule is Cn1cnc(CCNCc2ccc3ccccc3c2)n1. The van der Waals surface area contributed by atoms with Gasteiger partial charge in [0.2, 0.25) is 0 Å². The van der Waals surface area contributed by atoms with Gasteiger partial charge in [-0.3, -0.25) is 4.68 Å². The molecule has 3 rings (SSSR count). The summed E-state index contributed by atoms with van der Waals surface area (Å²) in [6.45, 7) is 1.76. The van der Waals surface area contributed by atoms with Crippen LogP contribution in [0.25, 0.3) is 10.8 Å². The van der Waals surface area contributed by atoms with Crippen molar-refractivity contribution in [3.05, 3.63) is 60.2 Å². The van der Waals surface area contributed by atoms with Crippen LogP contribution in [-0.4, -0.2) is 21.3 Å². The van der Waals surface area contributed by atoms with Gasteiger partial charge in [-0.1, -0.05) is 36.4 Å². The zero-order valence-corrected chi connectivity index (χ0v) is 11.6. The van der Waals surface area contributed by atoms with Gasteiger partial charge in [-0.2, -0.15) is 5.10 Å². The first-order valence-corrected chi connectivity index (χ1v) is 6.84. The molecule has 0 unspecified atom stereocenters. The van der Waals surface area contributed by atoms with Gasteiger partial charge in [-0.05, 0) is 22.4 Å². The van der Waals surface area contributed by atoms with Gasteiger partial charge in [0.25, 0.3) is 0 Å². The third-order valence-corrected chi connectivity index (χ3v) is 3.32. The van der Waals surface area contributed by atoms with Crippen molar-refractivity contribution in [3.63, 3.8) is 0 Å². The molecule has 4 nitrogen and oxygen atoms in total. The Morgan fingerprint density at radius 3 is 2.75 bits per heavy atom. The molecule has 20 heavy (non-hydrogen) atoms. The second-order valence-electron chi connectivity index (χ2n) is 4.94. The summed E-state index contributed by atoms with van der Waals surface area (Å²) in [5.41, 5.74) is 1.30. The highest BCUT2D eigenvalue weighted by Gasteiger charge is 1.99. The molecule has 0 radical (unpaired) electrons. The highest BCUT2D eigenvalue weighted by atomic mass is 15.3. The van der Waals surface area contributed by atoms with Crippen molar-refractivity contribution in [2.75, 3.05) is 6.54 Å². The maximum Gasteiger partial charge on any atom is 0.151 e. The van der Waals surface area contributed by atoms with Crippen LogP contribution in [0.5, 0.6) is 0 Å². The van der Waals surface area contributed by atoms with Crippen LogP contribution in [0.2, 0.25) is 0 Å². The monoisotopic (exact) mass is 266 g/mol. The van der Waals surface area contributed by atoms with Crippen LogP contribution in [0, 0.1) is 0 Å². The molecule has 0 aliphatic carbocycles. The predicted molar refractivity (Wildman–Crippen MR) is 80.4 cm³/mol. The summed E-state index contributed by atoms with van der Waals surface area (Å²) < 4.78 is 1.73. The summed E-state index contributed by atoms with van der Waals surface area (Å²) in [4.78, 5) is 4.21. The molecule has 1 N–H and O–H groups in total. The van der Waals surface area contributed by atoms with E-state index in [1.54, 1.807) is 11.0 Å². The Labute approximate surface area is 118 Å². The Kier molecular flexibility index (Phi) is 3.74. The lowest BCUT2D eigenvalue weighted by molar-refractivity contribution is 0.661. The van der Waals surface area contributed by atoms with Gasteiger partial charge in [0.15, 0.2) is 5.82 Å². The lowest BCUT2D eigenvalue weighted by Crippen LogP contribution is -2.17. The minimum absolute atomic E-state index is 0.856. The lowest BCUT2D eigenvalue weighted by atomic mass is 10.1. The first-order chi connectivity index (χ1) is 9.81. The second-order valence-corrected chi connectivity index (χ2v) is 4.94. The summed E-state index contributed by atoms with van der Waals surface area (Å²) in [5.74, 6) is 0.888. The van der Waals surface area contributed by atoms with Gasteiger partial charge in [-0.15, -0.1) is 0 Å². The van der Waals surface area contributed by atoms with Gasteiger partial charge in [-0.25, -0.2) is 4.98 Å². The van der Waals surface area contributed by atoms with E-state index in [9.17, 15) is 0 Å². The molecular formula is C16H18N4. The lowest BCUT2D eigenvalue weighted by Gasteiger charge is -2.05. The summed E-state index contributed by atoms with van der Waals surface area (Å²) in [6.07, 6.45) is 2.59. The normalized spacial score (nSPS) is 11.1. The Balaban J connectivity index is 1.54. The standard InChI is InChI=1S/C16H18N4/c1-20-12-18-16(19-20)8-9-17-11-13-6-7-14-4-2-3-5-15(14)10-13/h2-7,10,12,17H,8-9,11H2,1H3. The predicted octanol–water partition coefficient (Wildman–Crippen LogP) is 2.30. The summed E-state index contributed by atoms with van der Waals surface area (Å²) in [6, 6.07) is 15.0. The second kappa shape index (κ2) is 5.84. The third kappa shape index (κ3) is 3.03. The van der Waals surface area contributed by atoms with Gasteiger partial charge in [0.05, 0.1) is 0 Å². The van der Waals surface area contributed by atoms with Crippen molar-refractivity contribution in [2.45, 2.75) is 13.0 Å². The van der Waals surface area contributed by atoms with Crippen molar-refractivity contribution >= 4 is 10.8 Å². The van der Waals surface area contributed by atoms with Crippen molar-refractivity contribution in [3.8, 4) is 0 Å². The summed E-state index contributed by atoms with van der Waals surface area (Å²) >= 11 is 0. The van der Waals surface area contributed by atoms with Crippen molar-refractivity contribution in [2.24, 2.45) is 7.05 Å². The number of fused-ring (bicyclic) bond motifs is 1. The molecule has 0 spiro atoms. The summed E-state index contributed by atoms with van der Waals surface area (Å²) in [7, 11) is 1.89. The Morgan fingerprint density at radius 1 is 1.10 bits per heavy atom. The smallest absolute Gasteiger partial charge is 0.151 e. The van der Waals surface area contributed by atoms with E-state index in [2.05, 4.69) is 57.9 Å². The maximum atomic E-state index is 4.26. The van der Waals surface area contributed by atoms with Crippen molar-refractivity contribution < 1.29 is 0 Å². The van der Waals surface area contributed by atoms with Gasteiger partial charge in [0, 0.05) is 26.6 Å². The molecule has 0 saturated carbocycles. The molecule has 0 bridgehead atoms. The minimum atomic E-state index is 0.856. The van der Waals surface area contributed by atoms with E-state index in [1.165, 1.54) is 16.3 Å². The Hall–Kier alpha value is -2.20. The molecule has 0 fully saturated rings. The number of benzene rings is 2. The first-order valence-electron chi connectivity index (χ1n) is 6.84. The fraction of sp³-hybridized carbons (Fsp3) is 0.250. The number of hydrogen-bond donors (Lipinski definition) is 1. The van der Waals surface area contributed by atoms with Gasteiger partial charge in [0.1, 0.15) is 6.33 Å². The largest absolute Gasteiger partial charge is 0.312 e. The Bertz CT molecular complexity index is 702. The van der Waals surface area contributed by atoms with E-state index < -0.39 is 0 Å².